The summed E-state index contributed by atoms with van der Waals surface area (Å²) in [5, 5.41) is 14.3. The molecule has 1 saturated heterocycles. The molecule has 0 amide bonds. The highest BCUT2D eigenvalue weighted by molar-refractivity contribution is 6.31. The van der Waals surface area contributed by atoms with Crippen LogP contribution in [0.4, 0.5) is 4.79 Å². The molecule has 5 rings (SSSR count). The van der Waals surface area contributed by atoms with Crippen molar-refractivity contribution in [1.29, 1.82) is 0 Å². The topological polar surface area (TPSA) is 97.9 Å². The molecule has 8 nitrogen and oxygen atoms in total. The van der Waals surface area contributed by atoms with Crippen molar-refractivity contribution in [2.75, 3.05) is 20.2 Å². The van der Waals surface area contributed by atoms with E-state index in [4.69, 9.17) is 25.6 Å². The van der Waals surface area contributed by atoms with Crippen LogP contribution in [-0.2, 0) is 24.1 Å². The molecule has 0 aliphatic carbocycles. The van der Waals surface area contributed by atoms with Crippen LogP contribution >= 0.6 is 11.6 Å². The Balaban J connectivity index is 1.19. The highest BCUT2D eigenvalue weighted by atomic mass is 35.5. The monoisotopic (exact) mass is 589 g/mol. The quantitative estimate of drug-likeness (QED) is 0.189. The van der Waals surface area contributed by atoms with Gasteiger partial charge in [-0.15, -0.1) is 0 Å². The van der Waals surface area contributed by atoms with Crippen LogP contribution in [0, 0.1) is 5.92 Å². The van der Waals surface area contributed by atoms with Gasteiger partial charge in [0.1, 0.15) is 11.4 Å². The number of carbonyl (C=O) groups is 1. The molecule has 220 valence electrons. The first-order valence-corrected chi connectivity index (χ1v) is 14.6. The van der Waals surface area contributed by atoms with Gasteiger partial charge in [0.25, 0.3) is 5.89 Å². The van der Waals surface area contributed by atoms with E-state index < -0.39 is 11.8 Å². The number of methoxy groups -OCH3 is 1. The maximum atomic E-state index is 11.6. The van der Waals surface area contributed by atoms with Crippen LogP contribution in [0.25, 0.3) is 22.8 Å². The van der Waals surface area contributed by atoms with Crippen LogP contribution in [0.15, 0.2) is 71.3 Å². The first-order chi connectivity index (χ1) is 20.2. The van der Waals surface area contributed by atoms with Crippen molar-refractivity contribution in [3.8, 4) is 28.6 Å². The van der Waals surface area contributed by atoms with Crippen molar-refractivity contribution in [2.45, 2.75) is 51.7 Å². The van der Waals surface area contributed by atoms with Crippen molar-refractivity contribution < 1.29 is 23.9 Å². The Morgan fingerprint density at radius 3 is 2.31 bits per heavy atom. The second-order valence-corrected chi connectivity index (χ2v) is 11.8. The number of benzene rings is 3. The summed E-state index contributed by atoms with van der Waals surface area (Å²) < 4.78 is 16.3. The van der Waals surface area contributed by atoms with Crippen molar-refractivity contribution in [3.63, 3.8) is 0 Å². The van der Waals surface area contributed by atoms with Crippen LogP contribution in [-0.4, -0.2) is 52.1 Å². The fourth-order valence-electron chi connectivity index (χ4n) is 5.50. The predicted molar refractivity (Wildman–Crippen MR) is 162 cm³/mol. The maximum absolute atomic E-state index is 11.6. The molecule has 4 aromatic rings. The summed E-state index contributed by atoms with van der Waals surface area (Å²) in [6.07, 6.45) is 1.46. The van der Waals surface area contributed by atoms with E-state index >= 15 is 0 Å². The molecule has 9 heteroatoms. The fraction of sp³-hybridized carbons (Fsp3) is 0.364. The average molecular weight is 590 g/mol. The molecule has 1 aromatic heterocycles. The first-order valence-electron chi connectivity index (χ1n) is 14.2. The SMILES string of the molecule is COc1ccc(CC2(OC(=O)O)CCN(Cc3ccc(-c4noc(-c5ccc(CC(C)C)c(Cl)c5)n4)cc3)CC2)cc1. The van der Waals surface area contributed by atoms with E-state index in [2.05, 4.69) is 41.0 Å². The molecule has 1 aliphatic heterocycles. The van der Waals surface area contributed by atoms with Gasteiger partial charge in [-0.2, -0.15) is 4.98 Å². The molecular formula is C33H36ClN3O5. The van der Waals surface area contributed by atoms with Gasteiger partial charge in [0.15, 0.2) is 0 Å². The highest BCUT2D eigenvalue weighted by Crippen LogP contribution is 2.32. The summed E-state index contributed by atoms with van der Waals surface area (Å²) in [6.45, 7) is 6.55. The molecule has 0 radical (unpaired) electrons. The molecule has 1 aliphatic rings. The van der Waals surface area contributed by atoms with E-state index in [0.717, 1.165) is 59.6 Å². The smallest absolute Gasteiger partial charge is 0.497 e. The van der Waals surface area contributed by atoms with E-state index in [1.165, 1.54) is 0 Å². The Labute approximate surface area is 251 Å². The summed E-state index contributed by atoms with van der Waals surface area (Å²) in [6, 6.07) is 21.7. The number of halogens is 1. The zero-order valence-corrected chi connectivity index (χ0v) is 24.9. The Morgan fingerprint density at radius 2 is 1.69 bits per heavy atom. The standard InChI is InChI=1S/C33H36ClN3O5/c1-22(2)18-26-10-11-27(19-29(26)34)31-35-30(36-42-31)25-8-4-24(5-9-25)21-37-16-14-33(15-17-37,41-32(38)39)20-23-6-12-28(40-3)13-7-23/h4-13,19,22H,14-18,20-21H2,1-3H3,(H,38,39). The highest BCUT2D eigenvalue weighted by Gasteiger charge is 2.38. The molecule has 0 saturated carbocycles. The molecule has 0 spiro atoms. The zero-order chi connectivity index (χ0) is 29.7. The third kappa shape index (κ3) is 7.30. The number of nitrogens with zero attached hydrogens (tertiary/aromatic N) is 3. The molecule has 0 bridgehead atoms. The Morgan fingerprint density at radius 1 is 1.02 bits per heavy atom. The van der Waals surface area contributed by atoms with Crippen molar-refractivity contribution in [1.82, 2.24) is 15.0 Å². The van der Waals surface area contributed by atoms with Gasteiger partial charge >= 0.3 is 6.16 Å². The second kappa shape index (κ2) is 13.0. The molecule has 0 atom stereocenters. The van der Waals surface area contributed by atoms with Crippen LogP contribution in [0.3, 0.4) is 0 Å². The minimum Gasteiger partial charge on any atom is -0.497 e. The Bertz CT molecular complexity index is 1490. The lowest BCUT2D eigenvalue weighted by Gasteiger charge is -2.40. The normalized spacial score (nSPS) is 15.1. The number of ether oxygens (including phenoxy) is 2. The van der Waals surface area contributed by atoms with Gasteiger partial charge in [0.05, 0.1) is 7.11 Å². The lowest BCUT2D eigenvalue weighted by Crippen LogP contribution is -2.48. The molecule has 1 fully saturated rings. The van der Waals surface area contributed by atoms with Gasteiger partial charge in [-0.3, -0.25) is 4.90 Å². The van der Waals surface area contributed by atoms with Crippen LogP contribution in [0.1, 0.15) is 43.4 Å². The molecule has 42 heavy (non-hydrogen) atoms. The third-order valence-corrected chi connectivity index (χ3v) is 8.08. The van der Waals surface area contributed by atoms with Gasteiger partial charge in [-0.1, -0.05) is 73.1 Å². The zero-order valence-electron chi connectivity index (χ0n) is 24.2. The second-order valence-electron chi connectivity index (χ2n) is 11.4. The van der Waals surface area contributed by atoms with Gasteiger partial charge < -0.3 is 19.1 Å². The van der Waals surface area contributed by atoms with Crippen LogP contribution in [0.5, 0.6) is 5.75 Å². The maximum Gasteiger partial charge on any atom is 0.506 e. The van der Waals surface area contributed by atoms with E-state index in [1.54, 1.807) is 7.11 Å². The van der Waals surface area contributed by atoms with Gasteiger partial charge in [0, 0.05) is 55.0 Å². The van der Waals surface area contributed by atoms with E-state index in [1.807, 2.05) is 54.6 Å². The molecular weight excluding hydrogens is 554 g/mol. The predicted octanol–water partition coefficient (Wildman–Crippen LogP) is 7.54. The fourth-order valence-corrected chi connectivity index (χ4v) is 5.75. The first kappa shape index (κ1) is 29.6. The lowest BCUT2D eigenvalue weighted by atomic mass is 9.85. The van der Waals surface area contributed by atoms with Gasteiger partial charge in [-0.05, 0) is 53.3 Å². The number of piperidine rings is 1. The number of carboxylic acid groups (broad SMARTS) is 1. The number of aromatic nitrogens is 2. The van der Waals surface area contributed by atoms with Crippen LogP contribution in [0.2, 0.25) is 5.02 Å². The summed E-state index contributed by atoms with van der Waals surface area (Å²) in [7, 11) is 1.62. The Kier molecular flexibility index (Phi) is 9.14. The minimum absolute atomic E-state index is 0.432. The average Bonchev–Trinajstić information content (AvgIpc) is 3.46. The number of likely N-dealkylation sites (tertiary alicyclic amines) is 1. The van der Waals surface area contributed by atoms with Gasteiger partial charge in [-0.25, -0.2) is 4.79 Å². The van der Waals surface area contributed by atoms with E-state index in [9.17, 15) is 9.90 Å². The molecule has 3 aromatic carbocycles. The molecule has 1 N–H and O–H groups in total. The molecule has 2 heterocycles. The lowest BCUT2D eigenvalue weighted by molar-refractivity contribution is -0.0570. The number of hydrogen-bond donors (Lipinski definition) is 1. The van der Waals surface area contributed by atoms with Gasteiger partial charge in [0.2, 0.25) is 5.82 Å². The van der Waals surface area contributed by atoms with Crippen molar-refractivity contribution in [2.24, 2.45) is 5.92 Å². The Hall–Kier alpha value is -3.88. The summed E-state index contributed by atoms with van der Waals surface area (Å²) >= 11 is 6.50. The number of rotatable bonds is 10. The van der Waals surface area contributed by atoms with Crippen LogP contribution < -0.4 is 4.74 Å². The summed E-state index contributed by atoms with van der Waals surface area (Å²) in [4.78, 5) is 18.5. The van der Waals surface area contributed by atoms with E-state index in [0.29, 0.717) is 41.9 Å². The summed E-state index contributed by atoms with van der Waals surface area (Å²) in [5.41, 5.74) is 4.20. The van der Waals surface area contributed by atoms with Crippen molar-refractivity contribution in [3.05, 3.63) is 88.4 Å². The number of hydrogen-bond acceptors (Lipinski definition) is 7. The minimum atomic E-state index is -1.23. The molecule has 0 unspecified atom stereocenters. The third-order valence-electron chi connectivity index (χ3n) is 7.73. The van der Waals surface area contributed by atoms with Crippen molar-refractivity contribution >= 4 is 17.8 Å². The summed E-state index contributed by atoms with van der Waals surface area (Å²) in [5.74, 6) is 2.24. The van der Waals surface area contributed by atoms with E-state index in [-0.39, 0.29) is 0 Å². The largest absolute Gasteiger partial charge is 0.506 e.